The van der Waals surface area contributed by atoms with Gasteiger partial charge in [-0.05, 0) is 38.0 Å². The molecule has 7 nitrogen and oxygen atoms in total. The average Bonchev–Trinajstić information content (AvgIpc) is 3.14. The molecule has 1 aliphatic rings. The van der Waals surface area contributed by atoms with E-state index in [4.69, 9.17) is 0 Å². The first-order chi connectivity index (χ1) is 12.9. The smallest absolute Gasteiger partial charge is 0.254 e. The first-order valence-corrected chi connectivity index (χ1v) is 8.77. The number of phenolic OH excluding ortho intramolecular Hbond substituents is 3. The molecule has 0 aromatic heterocycles. The van der Waals surface area contributed by atoms with E-state index in [1.54, 1.807) is 31.2 Å². The summed E-state index contributed by atoms with van der Waals surface area (Å²) in [4.78, 5) is 27.0. The van der Waals surface area contributed by atoms with Gasteiger partial charge in [-0.3, -0.25) is 9.59 Å². The van der Waals surface area contributed by atoms with Gasteiger partial charge in [-0.25, -0.2) is 0 Å². The summed E-state index contributed by atoms with van der Waals surface area (Å²) in [5.74, 6) is -1.09. The number of carbonyl (C=O) groups excluding carboxylic acids is 2. The lowest BCUT2D eigenvalue weighted by Gasteiger charge is -2.25. The van der Waals surface area contributed by atoms with Crippen LogP contribution >= 0.6 is 0 Å². The van der Waals surface area contributed by atoms with Gasteiger partial charge in [0.2, 0.25) is 5.91 Å². The Kier molecular flexibility index (Phi) is 5.21. The summed E-state index contributed by atoms with van der Waals surface area (Å²) in [7, 11) is 0. The van der Waals surface area contributed by atoms with Gasteiger partial charge >= 0.3 is 0 Å². The number of aromatic hydroxyl groups is 3. The molecule has 1 atom stereocenters. The molecule has 3 rings (SSSR count). The normalized spacial score (nSPS) is 16.3. The molecule has 27 heavy (non-hydrogen) atoms. The lowest BCUT2D eigenvalue weighted by Crippen LogP contribution is -2.45. The molecule has 142 valence electrons. The molecular formula is C20H22N2O5. The van der Waals surface area contributed by atoms with E-state index >= 15 is 0 Å². The van der Waals surface area contributed by atoms with E-state index in [0.717, 1.165) is 0 Å². The molecule has 4 N–H and O–H groups in total. The lowest BCUT2D eigenvalue weighted by atomic mass is 10.1. The van der Waals surface area contributed by atoms with Crippen LogP contribution in [0.25, 0.3) is 0 Å². The van der Waals surface area contributed by atoms with E-state index in [9.17, 15) is 24.9 Å². The van der Waals surface area contributed by atoms with Gasteiger partial charge in [-0.15, -0.1) is 0 Å². The quantitative estimate of drug-likeness (QED) is 0.616. The number of carbonyl (C=O) groups is 2. The second-order valence-electron chi connectivity index (χ2n) is 6.61. The predicted octanol–water partition coefficient (Wildman–Crippen LogP) is 2.03. The van der Waals surface area contributed by atoms with E-state index in [0.29, 0.717) is 36.1 Å². The second-order valence-corrected chi connectivity index (χ2v) is 6.61. The van der Waals surface area contributed by atoms with E-state index in [1.807, 2.05) is 0 Å². The van der Waals surface area contributed by atoms with E-state index < -0.39 is 6.04 Å². The Morgan fingerprint density at radius 3 is 2.59 bits per heavy atom. The van der Waals surface area contributed by atoms with Crippen LogP contribution in [0.2, 0.25) is 0 Å². The number of nitrogens with zero attached hydrogens (tertiary/aromatic N) is 1. The molecular weight excluding hydrogens is 348 g/mol. The average molecular weight is 370 g/mol. The Hall–Kier alpha value is -3.22. The van der Waals surface area contributed by atoms with Gasteiger partial charge in [-0.1, -0.05) is 18.2 Å². The highest BCUT2D eigenvalue weighted by atomic mass is 16.3. The van der Waals surface area contributed by atoms with Gasteiger partial charge in [0, 0.05) is 29.8 Å². The van der Waals surface area contributed by atoms with Crippen molar-refractivity contribution in [1.29, 1.82) is 0 Å². The monoisotopic (exact) mass is 370 g/mol. The van der Waals surface area contributed by atoms with Crippen LogP contribution in [-0.2, 0) is 11.3 Å². The highest BCUT2D eigenvalue weighted by molar-refractivity contribution is 5.99. The van der Waals surface area contributed by atoms with Crippen molar-refractivity contribution in [3.63, 3.8) is 0 Å². The molecule has 0 saturated carbocycles. The van der Waals surface area contributed by atoms with Crippen molar-refractivity contribution in [1.82, 2.24) is 10.2 Å². The number of amides is 2. The van der Waals surface area contributed by atoms with Crippen LogP contribution < -0.4 is 5.32 Å². The standard InChI is InChI=1S/C20H22N2O5/c1-12-14(6-3-8-16(12)23)20(27)22-10-4-7-15(22)19(26)21-11-13-5-2-9-17(24)18(13)25/h2-3,5-6,8-9,15,23-25H,4,7,10-11H2,1H3,(H,21,26)/t15-/m0/s1. The third kappa shape index (κ3) is 3.67. The molecule has 0 spiro atoms. The summed E-state index contributed by atoms with van der Waals surface area (Å²) in [6, 6.07) is 8.67. The fourth-order valence-electron chi connectivity index (χ4n) is 3.31. The van der Waals surface area contributed by atoms with E-state index in [2.05, 4.69) is 5.32 Å². The number of phenols is 3. The molecule has 1 fully saturated rings. The van der Waals surface area contributed by atoms with Crippen LogP contribution in [0.3, 0.4) is 0 Å². The summed E-state index contributed by atoms with van der Waals surface area (Å²) < 4.78 is 0. The second kappa shape index (κ2) is 7.57. The van der Waals surface area contributed by atoms with Crippen molar-refractivity contribution in [2.75, 3.05) is 6.54 Å². The summed E-state index contributed by atoms with van der Waals surface area (Å²) >= 11 is 0. The number of likely N-dealkylation sites (tertiary alicyclic amines) is 1. The fraction of sp³-hybridized carbons (Fsp3) is 0.300. The Bertz CT molecular complexity index is 881. The molecule has 2 aromatic carbocycles. The Labute approximate surface area is 156 Å². The summed E-state index contributed by atoms with van der Waals surface area (Å²) in [5, 5.41) is 31.9. The summed E-state index contributed by atoms with van der Waals surface area (Å²) in [6.45, 7) is 2.17. The maximum absolute atomic E-state index is 12.9. The van der Waals surface area contributed by atoms with Crippen LogP contribution in [0.1, 0.15) is 34.3 Å². The zero-order valence-corrected chi connectivity index (χ0v) is 15.0. The minimum Gasteiger partial charge on any atom is -0.508 e. The minimum atomic E-state index is -0.612. The zero-order chi connectivity index (χ0) is 19.6. The van der Waals surface area contributed by atoms with Crippen molar-refractivity contribution in [3.05, 3.63) is 53.1 Å². The topological polar surface area (TPSA) is 110 Å². The van der Waals surface area contributed by atoms with Crippen LogP contribution in [-0.4, -0.2) is 44.6 Å². The molecule has 2 amide bonds. The van der Waals surface area contributed by atoms with Crippen LogP contribution in [0.4, 0.5) is 0 Å². The molecule has 0 radical (unpaired) electrons. The Morgan fingerprint density at radius 2 is 1.81 bits per heavy atom. The van der Waals surface area contributed by atoms with Gasteiger partial charge in [0.15, 0.2) is 11.5 Å². The molecule has 1 saturated heterocycles. The van der Waals surface area contributed by atoms with Crippen LogP contribution in [0.15, 0.2) is 36.4 Å². The van der Waals surface area contributed by atoms with Gasteiger partial charge in [0.05, 0.1) is 0 Å². The maximum Gasteiger partial charge on any atom is 0.254 e. The van der Waals surface area contributed by atoms with Crippen molar-refractivity contribution in [2.24, 2.45) is 0 Å². The number of benzene rings is 2. The van der Waals surface area contributed by atoms with Crippen LogP contribution in [0, 0.1) is 6.92 Å². The van der Waals surface area contributed by atoms with Crippen molar-refractivity contribution in [2.45, 2.75) is 32.4 Å². The molecule has 0 unspecified atom stereocenters. The fourth-order valence-corrected chi connectivity index (χ4v) is 3.31. The maximum atomic E-state index is 12.9. The molecule has 1 heterocycles. The SMILES string of the molecule is Cc1c(O)cccc1C(=O)N1CCC[C@H]1C(=O)NCc1cccc(O)c1O. The number of para-hydroxylation sites is 1. The highest BCUT2D eigenvalue weighted by Gasteiger charge is 2.35. The number of nitrogens with one attached hydrogen (secondary N) is 1. The van der Waals surface area contributed by atoms with Crippen LogP contribution in [0.5, 0.6) is 17.2 Å². The molecule has 1 aliphatic heterocycles. The molecule has 7 heteroatoms. The number of rotatable bonds is 4. The van der Waals surface area contributed by atoms with Crippen molar-refractivity contribution in [3.8, 4) is 17.2 Å². The third-order valence-corrected chi connectivity index (χ3v) is 4.90. The predicted molar refractivity (Wildman–Crippen MR) is 98.5 cm³/mol. The summed E-state index contributed by atoms with van der Waals surface area (Å²) in [5.41, 5.74) is 1.25. The summed E-state index contributed by atoms with van der Waals surface area (Å²) in [6.07, 6.45) is 1.25. The molecule has 2 aromatic rings. The number of hydrogen-bond donors (Lipinski definition) is 4. The highest BCUT2D eigenvalue weighted by Crippen LogP contribution is 2.28. The van der Waals surface area contributed by atoms with E-state index in [1.165, 1.54) is 17.0 Å². The first-order valence-electron chi connectivity index (χ1n) is 8.77. The Balaban J connectivity index is 1.72. The Morgan fingerprint density at radius 1 is 1.11 bits per heavy atom. The largest absolute Gasteiger partial charge is 0.508 e. The first kappa shape index (κ1) is 18.6. The number of hydrogen-bond acceptors (Lipinski definition) is 5. The van der Waals surface area contributed by atoms with Gasteiger partial charge in [0.1, 0.15) is 11.8 Å². The molecule has 0 bridgehead atoms. The minimum absolute atomic E-state index is 0.0420. The lowest BCUT2D eigenvalue weighted by molar-refractivity contribution is -0.125. The van der Waals surface area contributed by atoms with Crippen molar-refractivity contribution < 1.29 is 24.9 Å². The van der Waals surface area contributed by atoms with Gasteiger partial charge in [0.25, 0.3) is 5.91 Å². The van der Waals surface area contributed by atoms with Crippen molar-refractivity contribution >= 4 is 11.8 Å². The van der Waals surface area contributed by atoms with E-state index in [-0.39, 0.29) is 35.6 Å². The van der Waals surface area contributed by atoms with Gasteiger partial charge < -0.3 is 25.5 Å². The third-order valence-electron chi connectivity index (χ3n) is 4.90. The molecule has 0 aliphatic carbocycles. The van der Waals surface area contributed by atoms with Gasteiger partial charge in [-0.2, -0.15) is 0 Å². The zero-order valence-electron chi connectivity index (χ0n) is 15.0.